The molecule has 0 aliphatic carbocycles. The first-order chi connectivity index (χ1) is 8.61. The first kappa shape index (κ1) is 14.9. The normalized spacial score (nSPS) is 12.7. The summed E-state index contributed by atoms with van der Waals surface area (Å²) >= 11 is 0. The van der Waals surface area contributed by atoms with Crippen LogP contribution < -0.4 is 10.1 Å². The summed E-state index contributed by atoms with van der Waals surface area (Å²) in [5.41, 5.74) is 0.952. The van der Waals surface area contributed by atoms with Crippen LogP contribution in [0.3, 0.4) is 0 Å². The van der Waals surface area contributed by atoms with Gasteiger partial charge in [0.2, 0.25) is 0 Å². The lowest BCUT2D eigenvalue weighted by molar-refractivity contribution is -0.0123. The number of aromatic nitrogens is 1. The van der Waals surface area contributed by atoms with Gasteiger partial charge in [0.25, 0.3) is 0 Å². The van der Waals surface area contributed by atoms with Crippen molar-refractivity contribution in [3.05, 3.63) is 24.0 Å². The maximum absolute atomic E-state index is 9.62. The molecule has 0 amide bonds. The third-order valence-corrected chi connectivity index (χ3v) is 2.22. The highest BCUT2D eigenvalue weighted by Gasteiger charge is 2.07. The lowest BCUT2D eigenvalue weighted by Crippen LogP contribution is -2.25. The van der Waals surface area contributed by atoms with Gasteiger partial charge >= 0.3 is 0 Å². The second kappa shape index (κ2) is 8.02. The van der Waals surface area contributed by atoms with E-state index in [1.165, 1.54) is 0 Å². The summed E-state index contributed by atoms with van der Waals surface area (Å²) in [6.45, 7) is 5.07. The number of ether oxygens (including phenoxy) is 2. The molecule has 0 aliphatic heterocycles. The molecule has 1 aromatic heterocycles. The molecule has 0 aliphatic rings. The van der Waals surface area contributed by atoms with E-state index < -0.39 is 6.10 Å². The molecule has 2 N–H and O–H groups in total. The zero-order valence-electron chi connectivity index (χ0n) is 11.2. The largest absolute Gasteiger partial charge is 0.489 e. The molecule has 1 atom stereocenters. The van der Waals surface area contributed by atoms with Crippen LogP contribution in [0.4, 0.5) is 0 Å². The van der Waals surface area contributed by atoms with Crippen LogP contribution in [0.25, 0.3) is 0 Å². The van der Waals surface area contributed by atoms with E-state index in [1.54, 1.807) is 6.20 Å². The standard InChI is InChI=1S/C13H22N2O3/c1-10(2)17-8-12(16)9-18-13-5-4-11(6-14-3)15-7-13/h4-5,7,10,12,14,16H,6,8-9H2,1-3H3. The van der Waals surface area contributed by atoms with Gasteiger partial charge < -0.3 is 19.9 Å². The third-order valence-electron chi connectivity index (χ3n) is 2.22. The van der Waals surface area contributed by atoms with E-state index in [0.29, 0.717) is 5.75 Å². The highest BCUT2D eigenvalue weighted by Crippen LogP contribution is 2.09. The first-order valence-electron chi connectivity index (χ1n) is 6.13. The molecule has 5 heteroatoms. The zero-order valence-corrected chi connectivity index (χ0v) is 11.2. The Hall–Kier alpha value is -1.17. The second-order valence-corrected chi connectivity index (χ2v) is 4.36. The zero-order chi connectivity index (χ0) is 13.4. The fraction of sp³-hybridized carbons (Fsp3) is 0.615. The summed E-state index contributed by atoms with van der Waals surface area (Å²) in [5.74, 6) is 0.651. The molecule has 0 saturated carbocycles. The van der Waals surface area contributed by atoms with Gasteiger partial charge in [-0.25, -0.2) is 0 Å². The summed E-state index contributed by atoms with van der Waals surface area (Å²) in [6.07, 6.45) is 1.15. The van der Waals surface area contributed by atoms with E-state index in [4.69, 9.17) is 9.47 Å². The molecule has 1 unspecified atom stereocenters. The number of aliphatic hydroxyl groups is 1. The van der Waals surface area contributed by atoms with Crippen molar-refractivity contribution in [3.8, 4) is 5.75 Å². The van der Waals surface area contributed by atoms with Crippen LogP contribution in [0.5, 0.6) is 5.75 Å². The molecule has 1 aromatic rings. The molecule has 0 fully saturated rings. The average molecular weight is 254 g/mol. The maximum atomic E-state index is 9.62. The topological polar surface area (TPSA) is 63.6 Å². The molecule has 102 valence electrons. The smallest absolute Gasteiger partial charge is 0.137 e. The molecule has 0 bridgehead atoms. The highest BCUT2D eigenvalue weighted by molar-refractivity contribution is 5.19. The molecule has 18 heavy (non-hydrogen) atoms. The first-order valence-corrected chi connectivity index (χ1v) is 6.13. The van der Waals surface area contributed by atoms with E-state index >= 15 is 0 Å². The van der Waals surface area contributed by atoms with Crippen LogP contribution in [-0.2, 0) is 11.3 Å². The summed E-state index contributed by atoms with van der Waals surface area (Å²) in [6, 6.07) is 3.73. The number of hydrogen-bond donors (Lipinski definition) is 2. The molecule has 1 heterocycles. The van der Waals surface area contributed by atoms with Gasteiger partial charge in [-0.2, -0.15) is 0 Å². The minimum absolute atomic E-state index is 0.113. The van der Waals surface area contributed by atoms with Crippen molar-refractivity contribution in [2.75, 3.05) is 20.3 Å². The van der Waals surface area contributed by atoms with Crippen LogP contribution >= 0.6 is 0 Å². The Labute approximate surface area is 108 Å². The minimum atomic E-state index is -0.621. The maximum Gasteiger partial charge on any atom is 0.137 e. The van der Waals surface area contributed by atoms with Gasteiger partial charge in [-0.3, -0.25) is 4.98 Å². The number of aliphatic hydroxyl groups excluding tert-OH is 1. The quantitative estimate of drug-likeness (QED) is 0.723. The molecular weight excluding hydrogens is 232 g/mol. The Morgan fingerprint density at radius 3 is 2.67 bits per heavy atom. The van der Waals surface area contributed by atoms with Crippen LogP contribution in [-0.4, -0.2) is 42.6 Å². The Kier molecular flexibility index (Phi) is 6.64. The van der Waals surface area contributed by atoms with Crippen molar-refractivity contribution in [2.24, 2.45) is 0 Å². The second-order valence-electron chi connectivity index (χ2n) is 4.36. The number of nitrogens with zero attached hydrogens (tertiary/aromatic N) is 1. The summed E-state index contributed by atoms with van der Waals surface area (Å²) in [5, 5.41) is 12.6. The number of pyridine rings is 1. The van der Waals surface area contributed by atoms with Crippen molar-refractivity contribution in [1.82, 2.24) is 10.3 Å². The van der Waals surface area contributed by atoms with Gasteiger partial charge in [0, 0.05) is 6.54 Å². The molecule has 0 aromatic carbocycles. The third kappa shape index (κ3) is 5.95. The van der Waals surface area contributed by atoms with Gasteiger partial charge in [-0.05, 0) is 33.0 Å². The SMILES string of the molecule is CNCc1ccc(OCC(O)COC(C)C)cn1. The minimum Gasteiger partial charge on any atom is -0.489 e. The Morgan fingerprint density at radius 2 is 2.11 bits per heavy atom. The Balaban J connectivity index is 2.29. The summed E-state index contributed by atoms with van der Waals surface area (Å²) in [4.78, 5) is 4.22. The van der Waals surface area contributed by atoms with Crippen molar-refractivity contribution >= 4 is 0 Å². The summed E-state index contributed by atoms with van der Waals surface area (Å²) in [7, 11) is 1.87. The van der Waals surface area contributed by atoms with Crippen LogP contribution in [0, 0.1) is 0 Å². The number of rotatable bonds is 8. The van der Waals surface area contributed by atoms with Gasteiger partial charge in [0.05, 0.1) is 24.6 Å². The van der Waals surface area contributed by atoms with Crippen molar-refractivity contribution in [1.29, 1.82) is 0 Å². The molecular formula is C13H22N2O3. The molecule has 0 radical (unpaired) electrons. The van der Waals surface area contributed by atoms with Gasteiger partial charge in [0.1, 0.15) is 18.5 Å². The predicted molar refractivity (Wildman–Crippen MR) is 69.6 cm³/mol. The van der Waals surface area contributed by atoms with E-state index in [9.17, 15) is 5.11 Å². The van der Waals surface area contributed by atoms with Crippen LogP contribution in [0.1, 0.15) is 19.5 Å². The Bertz CT molecular complexity index is 328. The van der Waals surface area contributed by atoms with Crippen LogP contribution in [0.15, 0.2) is 18.3 Å². The Morgan fingerprint density at radius 1 is 1.33 bits per heavy atom. The monoisotopic (exact) mass is 254 g/mol. The van der Waals surface area contributed by atoms with Gasteiger partial charge in [0.15, 0.2) is 0 Å². The highest BCUT2D eigenvalue weighted by atomic mass is 16.5. The summed E-state index contributed by atoms with van der Waals surface area (Å²) < 4.78 is 10.7. The van der Waals surface area contributed by atoms with Crippen molar-refractivity contribution in [3.63, 3.8) is 0 Å². The predicted octanol–water partition coefficient (Wildman–Crippen LogP) is 0.966. The van der Waals surface area contributed by atoms with Gasteiger partial charge in [-0.15, -0.1) is 0 Å². The lowest BCUT2D eigenvalue weighted by Gasteiger charge is -2.14. The lowest BCUT2D eigenvalue weighted by atomic mass is 10.3. The molecule has 1 rings (SSSR count). The van der Waals surface area contributed by atoms with Crippen molar-refractivity contribution < 1.29 is 14.6 Å². The molecule has 0 spiro atoms. The van der Waals surface area contributed by atoms with Crippen molar-refractivity contribution in [2.45, 2.75) is 32.6 Å². The average Bonchev–Trinajstić information content (AvgIpc) is 2.36. The van der Waals surface area contributed by atoms with E-state index in [-0.39, 0.29) is 19.3 Å². The van der Waals surface area contributed by atoms with E-state index in [0.717, 1.165) is 12.2 Å². The molecule has 0 saturated heterocycles. The number of nitrogens with one attached hydrogen (secondary N) is 1. The van der Waals surface area contributed by atoms with Crippen LogP contribution in [0.2, 0.25) is 0 Å². The fourth-order valence-corrected chi connectivity index (χ4v) is 1.33. The van der Waals surface area contributed by atoms with E-state index in [1.807, 2.05) is 33.0 Å². The number of hydrogen-bond acceptors (Lipinski definition) is 5. The van der Waals surface area contributed by atoms with E-state index in [2.05, 4.69) is 10.3 Å². The fourth-order valence-electron chi connectivity index (χ4n) is 1.33. The van der Waals surface area contributed by atoms with Gasteiger partial charge in [-0.1, -0.05) is 0 Å². The molecule has 5 nitrogen and oxygen atoms in total.